The van der Waals surface area contributed by atoms with E-state index in [4.69, 9.17) is 0 Å². The average molecular weight is 1710 g/mol. The Kier molecular flexibility index (Phi) is 23.2. The van der Waals surface area contributed by atoms with E-state index in [9.17, 15) is 64.7 Å². The number of benzene rings is 8. The number of aromatic nitrogens is 12. The zero-order valence-corrected chi connectivity index (χ0v) is 69.6. The van der Waals surface area contributed by atoms with Gasteiger partial charge in [0.25, 0.3) is 22.2 Å². The lowest BCUT2D eigenvalue weighted by Crippen LogP contribution is -2.51. The minimum atomic E-state index is -1.07. The molecular weight excluding hydrogens is 1630 g/mol. The zero-order valence-electron chi connectivity index (χ0n) is 69.6. The average Bonchev–Trinajstić information content (AvgIpc) is 1.61. The van der Waals surface area contributed by atoms with Crippen LogP contribution in [0, 0.1) is 34.9 Å². The van der Waals surface area contributed by atoms with Gasteiger partial charge in [0.05, 0.1) is 67.1 Å². The molecule has 20 rings (SSSR count). The van der Waals surface area contributed by atoms with Crippen molar-refractivity contribution < 1.29 is 45.5 Å². The molecule has 0 saturated carbocycles. The van der Waals surface area contributed by atoms with Gasteiger partial charge in [-0.1, -0.05) is 72.8 Å². The summed E-state index contributed by atoms with van der Waals surface area (Å²) in [6.07, 6.45) is 5.85. The highest BCUT2D eigenvalue weighted by atomic mass is 19.2. The monoisotopic (exact) mass is 1710 g/mol. The lowest BCUT2D eigenvalue weighted by Gasteiger charge is -2.37. The van der Waals surface area contributed by atoms with Crippen LogP contribution < -0.4 is 22.2 Å². The predicted molar refractivity (Wildman–Crippen MR) is 465 cm³/mol. The van der Waals surface area contributed by atoms with Gasteiger partial charge in [-0.2, -0.15) is 39.1 Å². The van der Waals surface area contributed by atoms with Gasteiger partial charge in [0.2, 0.25) is 0 Å². The van der Waals surface area contributed by atoms with Gasteiger partial charge in [0, 0.05) is 175 Å². The number of carbonyl (C=O) groups is 4. The summed E-state index contributed by atoms with van der Waals surface area (Å²) in [5.74, 6) is -5.18. The SMILES string of the molecule is CC(C)N1CCN(C(=O)n2cc3c(=O)n(-c4ccccc4)nc-3c3cc(F)c(F)cc32)CC1.CC(C)N1CCN(C(=O)n2cc3c(=O)n(-c4ccccc4)nc-3c3cc(F)ccc32)CC1.CN1CCN(C(=O)n2cc3c(=O)n(-c4ccccc4)nc-3c3cc(F)c(F)cc32)CC1.CN1CCN(C(=O)n2cc3c(=O)n(-c4ccccc4)nc-3c3cc(F)ccc32)CC1. The van der Waals surface area contributed by atoms with E-state index < -0.39 is 52.1 Å². The Hall–Kier alpha value is -14.2. The van der Waals surface area contributed by atoms with E-state index in [2.05, 4.69) is 67.7 Å². The molecule has 0 unspecified atom stereocenters. The van der Waals surface area contributed by atoms with Crippen LogP contribution in [0.4, 0.5) is 45.5 Å². The number of nitrogens with zero attached hydrogens (tertiary/aromatic N) is 20. The van der Waals surface area contributed by atoms with Crippen molar-refractivity contribution in [3.63, 3.8) is 0 Å². The number of halogens is 6. The number of fused-ring (bicyclic) bond motifs is 12. The highest BCUT2D eigenvalue weighted by Gasteiger charge is 2.34. The van der Waals surface area contributed by atoms with Gasteiger partial charge >= 0.3 is 24.1 Å². The summed E-state index contributed by atoms with van der Waals surface area (Å²) in [6.45, 7) is 18.8. The van der Waals surface area contributed by atoms with Gasteiger partial charge in [-0.25, -0.2) is 45.5 Å². The maximum atomic E-state index is 14.2. The minimum absolute atomic E-state index is 0.157. The third-order valence-electron chi connectivity index (χ3n) is 23.6. The first-order valence-electron chi connectivity index (χ1n) is 41.3. The Bertz CT molecular complexity index is 6940. The first kappa shape index (κ1) is 84.0. The molecule has 0 aromatic heterocycles. The van der Waals surface area contributed by atoms with Crippen molar-refractivity contribution in [2.75, 3.05) is 119 Å². The third kappa shape index (κ3) is 16.1. The fourth-order valence-corrected chi connectivity index (χ4v) is 16.5. The molecule has 12 aliphatic rings. The lowest BCUT2D eigenvalue weighted by molar-refractivity contribution is 0.120. The maximum Gasteiger partial charge on any atom is 0.328 e. The number of hydrogen-bond acceptors (Lipinski definition) is 16. The van der Waals surface area contributed by atoms with Crippen molar-refractivity contribution in [1.82, 2.24) is 96.6 Å². The van der Waals surface area contributed by atoms with Crippen LogP contribution in [0.1, 0.15) is 27.7 Å². The van der Waals surface area contributed by atoms with Crippen LogP contribution in [0.25, 0.3) is 111 Å². The van der Waals surface area contributed by atoms with Crippen molar-refractivity contribution in [3.05, 3.63) is 283 Å². The first-order valence-corrected chi connectivity index (χ1v) is 41.3. The number of amides is 4. The molecule has 4 fully saturated rings. The number of para-hydroxylation sites is 4. The van der Waals surface area contributed by atoms with E-state index in [1.54, 1.807) is 111 Å². The molecule has 0 atom stereocenters. The summed E-state index contributed by atoms with van der Waals surface area (Å²) in [4.78, 5) is 122. The van der Waals surface area contributed by atoms with E-state index >= 15 is 0 Å². The second kappa shape index (κ2) is 34.8. The molecule has 0 aliphatic carbocycles. The van der Waals surface area contributed by atoms with E-state index in [0.29, 0.717) is 147 Å². The number of rotatable bonds is 6. The van der Waals surface area contributed by atoms with Crippen molar-refractivity contribution in [2.45, 2.75) is 39.8 Å². The predicted octanol–water partition coefficient (Wildman–Crippen LogP) is 12.4. The van der Waals surface area contributed by atoms with Crippen molar-refractivity contribution in [3.8, 4) is 67.8 Å². The number of carbonyl (C=O) groups excluding carboxylic acids is 4. The quantitative estimate of drug-likeness (QED) is 0.140. The molecule has 28 nitrogen and oxygen atoms in total. The minimum Gasteiger partial charge on any atom is -0.321 e. The van der Waals surface area contributed by atoms with E-state index in [0.717, 1.165) is 50.4 Å². The van der Waals surface area contributed by atoms with Crippen molar-refractivity contribution >= 4 is 67.7 Å². The van der Waals surface area contributed by atoms with Crippen LogP contribution in [-0.4, -0.2) is 252 Å². The van der Waals surface area contributed by atoms with Gasteiger partial charge in [0.1, 0.15) is 34.4 Å². The topological polar surface area (TPSA) is 253 Å². The molecule has 0 N–H and O–H groups in total. The van der Waals surface area contributed by atoms with Crippen LogP contribution in [-0.2, 0) is 0 Å². The Morgan fingerprint density at radius 3 is 0.770 bits per heavy atom. The lowest BCUT2D eigenvalue weighted by atomic mass is 10.1. The number of likely N-dealkylation sites (N-methyl/N-ethyl adjacent to an activating group) is 2. The normalized spacial score (nSPS) is 15.2. The van der Waals surface area contributed by atoms with Gasteiger partial charge in [-0.3, -0.25) is 47.2 Å². The van der Waals surface area contributed by atoms with Crippen molar-refractivity contribution in [1.29, 1.82) is 0 Å². The van der Waals surface area contributed by atoms with Crippen molar-refractivity contribution in [2.24, 2.45) is 0 Å². The van der Waals surface area contributed by atoms with Gasteiger partial charge < -0.3 is 29.4 Å². The number of piperazine rings is 4. The van der Waals surface area contributed by atoms with Gasteiger partial charge in [-0.15, -0.1) is 0 Å². The molecule has 8 aromatic carbocycles. The molecule has 12 heterocycles. The summed E-state index contributed by atoms with van der Waals surface area (Å²) >= 11 is 0. The molecule has 0 bridgehead atoms. The van der Waals surface area contributed by atoms with Gasteiger partial charge in [-0.05, 0) is 139 Å². The number of pyridine rings is 4. The van der Waals surface area contributed by atoms with Crippen LogP contribution in [0.2, 0.25) is 0 Å². The Balaban J connectivity index is 0.000000119. The molecule has 34 heteroatoms. The van der Waals surface area contributed by atoms with Crippen LogP contribution in [0.3, 0.4) is 0 Å². The molecule has 0 radical (unpaired) electrons. The highest BCUT2D eigenvalue weighted by Crippen LogP contribution is 2.36. The molecule has 8 aromatic rings. The summed E-state index contributed by atoms with van der Waals surface area (Å²) in [5, 5.41) is 19.0. The molecule has 4 saturated heterocycles. The molecule has 126 heavy (non-hydrogen) atoms. The third-order valence-corrected chi connectivity index (χ3v) is 23.6. The molecule has 0 spiro atoms. The first-order chi connectivity index (χ1) is 60.7. The Morgan fingerprint density at radius 1 is 0.286 bits per heavy atom. The van der Waals surface area contributed by atoms with Gasteiger partial charge in [0.15, 0.2) is 23.3 Å². The Labute approximate surface area is 715 Å². The smallest absolute Gasteiger partial charge is 0.321 e. The molecular formula is C92H86F6N20O8. The fraction of sp³-hybridized carbons (Fsp3) is 0.261. The van der Waals surface area contributed by atoms with E-state index in [1.807, 2.05) is 62.6 Å². The van der Waals surface area contributed by atoms with Crippen LogP contribution >= 0.6 is 0 Å². The van der Waals surface area contributed by atoms with E-state index in [-0.39, 0.29) is 84.7 Å². The molecule has 12 aliphatic heterocycles. The Morgan fingerprint density at radius 2 is 0.516 bits per heavy atom. The van der Waals surface area contributed by atoms with Crippen LogP contribution in [0.5, 0.6) is 0 Å². The molecule has 4 amide bonds. The largest absolute Gasteiger partial charge is 0.328 e. The second-order valence-corrected chi connectivity index (χ2v) is 32.1. The molecule has 644 valence electrons. The second-order valence-electron chi connectivity index (χ2n) is 32.1. The zero-order chi connectivity index (χ0) is 88.2. The fourth-order valence-electron chi connectivity index (χ4n) is 16.5. The summed E-state index contributed by atoms with van der Waals surface area (Å²) in [7, 11) is 3.98. The summed E-state index contributed by atoms with van der Waals surface area (Å²) < 4.78 is 95.4. The summed E-state index contributed by atoms with van der Waals surface area (Å²) in [6, 6.07) is 47.6. The summed E-state index contributed by atoms with van der Waals surface area (Å²) in [5.41, 5.74) is 4.15. The standard InChI is InChI=1S/C24H23F2N5O2.C24H24FN5O2.C22H19F2N5O2.C22H20FN5O2/c1-15(2)28-8-10-29(11-9-28)24(33)30-14-18-22(17-12-19(25)20(26)13-21(17)30)27-31(23(18)32)16-6-4-3-5-7-16;1-16(2)27-10-12-28(13-11-27)24(32)29-15-20-22(19-14-17(25)8-9-21(19)29)26-30(23(20)31)18-6-4-3-5-7-18;1-26-7-9-27(10-8-26)22(31)28-13-16-20(15-11-17(23)18(24)12-19(15)28)25-29(21(16)30)14-5-3-2-4-6-14;1-25-9-11-26(12-10-25)22(30)27-14-18-20(17-13-15(23)7-8-19(17)27)24-28(21(18)29)16-5-3-2-4-6-16/h3-7,12-15H,8-11H2,1-2H3;3-9,14-16H,10-13H2,1-2H3;2-6,11-13H,7-10H2,1H3;2-8,13-14H,9-12H2,1H3. The van der Waals surface area contributed by atoms with Crippen LogP contribution in [0.15, 0.2) is 226 Å². The highest BCUT2D eigenvalue weighted by molar-refractivity contribution is 6.03. The maximum absolute atomic E-state index is 14.2. The van der Waals surface area contributed by atoms with E-state index in [1.165, 1.54) is 79.9 Å². The number of hydrogen-bond donors (Lipinski definition) is 0.